The molecule has 1 unspecified atom stereocenters. The zero-order chi connectivity index (χ0) is 8.97. The first-order valence-electron chi connectivity index (χ1n) is 3.87. The number of thiophene rings is 1. The number of aliphatic hydroxyl groups is 1. The van der Waals surface area contributed by atoms with Gasteiger partial charge in [-0.15, -0.1) is 23.2 Å². The van der Waals surface area contributed by atoms with Crippen LogP contribution in [0.15, 0.2) is 11.4 Å². The SMILES string of the molecule is CC#CCC(O)c1sccc1C. The molecular formula is C10H12OS. The second kappa shape index (κ2) is 4.30. The van der Waals surface area contributed by atoms with Gasteiger partial charge >= 0.3 is 0 Å². The Morgan fingerprint density at radius 3 is 2.92 bits per heavy atom. The average Bonchev–Trinajstić information content (AvgIpc) is 2.47. The van der Waals surface area contributed by atoms with E-state index >= 15 is 0 Å². The Bertz CT molecular complexity index is 303. The summed E-state index contributed by atoms with van der Waals surface area (Å²) >= 11 is 1.59. The van der Waals surface area contributed by atoms with E-state index in [1.54, 1.807) is 18.3 Å². The van der Waals surface area contributed by atoms with E-state index in [1.807, 2.05) is 18.4 Å². The van der Waals surface area contributed by atoms with Crippen LogP contribution in [-0.4, -0.2) is 5.11 Å². The van der Waals surface area contributed by atoms with Gasteiger partial charge in [-0.25, -0.2) is 0 Å². The van der Waals surface area contributed by atoms with Crippen molar-refractivity contribution in [1.29, 1.82) is 0 Å². The molecule has 12 heavy (non-hydrogen) atoms. The molecule has 1 rings (SSSR count). The van der Waals surface area contributed by atoms with Crippen LogP contribution >= 0.6 is 11.3 Å². The normalized spacial score (nSPS) is 11.9. The maximum absolute atomic E-state index is 9.63. The summed E-state index contributed by atoms with van der Waals surface area (Å²) in [6.45, 7) is 3.79. The van der Waals surface area contributed by atoms with Gasteiger partial charge in [0.2, 0.25) is 0 Å². The van der Waals surface area contributed by atoms with Crippen molar-refractivity contribution < 1.29 is 5.11 Å². The van der Waals surface area contributed by atoms with Crippen molar-refractivity contribution in [2.75, 3.05) is 0 Å². The topological polar surface area (TPSA) is 20.2 Å². The van der Waals surface area contributed by atoms with Crippen LogP contribution in [0.2, 0.25) is 0 Å². The maximum Gasteiger partial charge on any atom is 0.0993 e. The molecule has 1 aromatic rings. The van der Waals surface area contributed by atoms with Crippen LogP contribution in [-0.2, 0) is 0 Å². The van der Waals surface area contributed by atoms with Crippen molar-refractivity contribution in [3.8, 4) is 11.8 Å². The summed E-state index contributed by atoms with van der Waals surface area (Å²) in [5.74, 6) is 5.64. The van der Waals surface area contributed by atoms with Gasteiger partial charge in [0.15, 0.2) is 0 Å². The molecule has 0 radical (unpaired) electrons. The molecule has 0 bridgehead atoms. The summed E-state index contributed by atoms with van der Waals surface area (Å²) in [4.78, 5) is 1.04. The fraction of sp³-hybridized carbons (Fsp3) is 0.400. The molecule has 0 saturated carbocycles. The Hall–Kier alpha value is -0.780. The molecule has 1 aromatic heterocycles. The number of aliphatic hydroxyl groups excluding tert-OH is 1. The van der Waals surface area contributed by atoms with E-state index in [9.17, 15) is 5.11 Å². The Labute approximate surface area is 77.1 Å². The highest BCUT2D eigenvalue weighted by Gasteiger charge is 2.09. The van der Waals surface area contributed by atoms with E-state index in [0.717, 1.165) is 10.4 Å². The van der Waals surface area contributed by atoms with Crippen LogP contribution < -0.4 is 0 Å². The summed E-state index contributed by atoms with van der Waals surface area (Å²) in [6.07, 6.45) is 0.134. The van der Waals surface area contributed by atoms with Crippen LogP contribution in [0.4, 0.5) is 0 Å². The molecule has 1 heterocycles. The molecule has 64 valence electrons. The summed E-state index contributed by atoms with van der Waals surface area (Å²) in [5.41, 5.74) is 1.16. The van der Waals surface area contributed by atoms with E-state index in [0.29, 0.717) is 6.42 Å². The van der Waals surface area contributed by atoms with Crippen molar-refractivity contribution >= 4 is 11.3 Å². The van der Waals surface area contributed by atoms with Crippen molar-refractivity contribution in [2.24, 2.45) is 0 Å². The largest absolute Gasteiger partial charge is 0.387 e. The molecule has 0 fully saturated rings. The third-order valence-electron chi connectivity index (χ3n) is 1.68. The molecular weight excluding hydrogens is 168 g/mol. The Kier molecular flexibility index (Phi) is 3.33. The van der Waals surface area contributed by atoms with Crippen molar-refractivity contribution in [3.05, 3.63) is 21.9 Å². The minimum Gasteiger partial charge on any atom is -0.387 e. The molecule has 0 aromatic carbocycles. The van der Waals surface area contributed by atoms with Gasteiger partial charge in [0.05, 0.1) is 6.10 Å². The maximum atomic E-state index is 9.63. The first kappa shape index (κ1) is 9.31. The third kappa shape index (κ3) is 2.10. The molecule has 0 amide bonds. The fourth-order valence-corrected chi connectivity index (χ4v) is 1.93. The Balaban J connectivity index is 2.68. The Morgan fingerprint density at radius 1 is 1.67 bits per heavy atom. The summed E-state index contributed by atoms with van der Waals surface area (Å²) in [5, 5.41) is 11.6. The van der Waals surface area contributed by atoms with Crippen molar-refractivity contribution in [3.63, 3.8) is 0 Å². The smallest absolute Gasteiger partial charge is 0.0993 e. The van der Waals surface area contributed by atoms with Gasteiger partial charge in [-0.05, 0) is 30.9 Å². The second-order valence-electron chi connectivity index (χ2n) is 2.61. The quantitative estimate of drug-likeness (QED) is 0.693. The molecule has 2 heteroatoms. The lowest BCUT2D eigenvalue weighted by atomic mass is 10.1. The van der Waals surface area contributed by atoms with Gasteiger partial charge in [0, 0.05) is 11.3 Å². The lowest BCUT2D eigenvalue weighted by Crippen LogP contribution is -1.94. The predicted molar refractivity (Wildman–Crippen MR) is 52.1 cm³/mol. The first-order chi connectivity index (χ1) is 5.75. The molecule has 0 spiro atoms. The molecule has 1 nitrogen and oxygen atoms in total. The number of rotatable bonds is 2. The van der Waals surface area contributed by atoms with Gasteiger partial charge in [0.25, 0.3) is 0 Å². The monoisotopic (exact) mass is 180 g/mol. The predicted octanol–water partition coefficient (Wildman–Crippen LogP) is 2.50. The van der Waals surface area contributed by atoms with Gasteiger partial charge in [-0.3, -0.25) is 0 Å². The zero-order valence-electron chi connectivity index (χ0n) is 7.29. The third-order valence-corrected chi connectivity index (χ3v) is 2.80. The van der Waals surface area contributed by atoms with E-state index in [1.165, 1.54) is 0 Å². The average molecular weight is 180 g/mol. The summed E-state index contributed by atoms with van der Waals surface area (Å²) in [6, 6.07) is 2.02. The van der Waals surface area contributed by atoms with Gasteiger partial charge in [-0.1, -0.05) is 0 Å². The lowest BCUT2D eigenvalue weighted by molar-refractivity contribution is 0.187. The van der Waals surface area contributed by atoms with E-state index in [-0.39, 0.29) is 0 Å². The van der Waals surface area contributed by atoms with Crippen LogP contribution in [0.1, 0.15) is 29.9 Å². The van der Waals surface area contributed by atoms with Crippen LogP contribution in [0.5, 0.6) is 0 Å². The van der Waals surface area contributed by atoms with Crippen molar-refractivity contribution in [1.82, 2.24) is 0 Å². The fourth-order valence-electron chi connectivity index (χ4n) is 1.02. The molecule has 1 atom stereocenters. The minimum absolute atomic E-state index is 0.405. The highest BCUT2D eigenvalue weighted by molar-refractivity contribution is 7.10. The highest BCUT2D eigenvalue weighted by Crippen LogP contribution is 2.25. The molecule has 0 saturated heterocycles. The highest BCUT2D eigenvalue weighted by atomic mass is 32.1. The number of hydrogen-bond acceptors (Lipinski definition) is 2. The lowest BCUT2D eigenvalue weighted by Gasteiger charge is -2.04. The standard InChI is InChI=1S/C10H12OS/c1-3-4-5-9(11)10-8(2)6-7-12-10/h6-7,9,11H,5H2,1-2H3. The summed E-state index contributed by atoms with van der Waals surface area (Å²) in [7, 11) is 0. The van der Waals surface area contributed by atoms with E-state index in [2.05, 4.69) is 11.8 Å². The molecule has 1 N–H and O–H groups in total. The van der Waals surface area contributed by atoms with Gasteiger partial charge in [-0.2, -0.15) is 0 Å². The minimum atomic E-state index is -0.405. The summed E-state index contributed by atoms with van der Waals surface area (Å²) < 4.78 is 0. The molecule has 0 aliphatic carbocycles. The van der Waals surface area contributed by atoms with Gasteiger partial charge < -0.3 is 5.11 Å². The van der Waals surface area contributed by atoms with Crippen LogP contribution in [0.3, 0.4) is 0 Å². The van der Waals surface area contributed by atoms with Gasteiger partial charge in [0.1, 0.15) is 0 Å². The Morgan fingerprint density at radius 2 is 2.42 bits per heavy atom. The second-order valence-corrected chi connectivity index (χ2v) is 3.56. The number of hydrogen-bond donors (Lipinski definition) is 1. The molecule has 0 aliphatic rings. The van der Waals surface area contributed by atoms with Crippen LogP contribution in [0.25, 0.3) is 0 Å². The van der Waals surface area contributed by atoms with Crippen LogP contribution in [0, 0.1) is 18.8 Å². The number of aryl methyl sites for hydroxylation is 1. The molecule has 0 aliphatic heterocycles. The first-order valence-corrected chi connectivity index (χ1v) is 4.75. The van der Waals surface area contributed by atoms with E-state index in [4.69, 9.17) is 0 Å². The zero-order valence-corrected chi connectivity index (χ0v) is 8.11. The van der Waals surface area contributed by atoms with Crippen molar-refractivity contribution in [2.45, 2.75) is 26.4 Å². The van der Waals surface area contributed by atoms with E-state index < -0.39 is 6.10 Å².